The first-order chi connectivity index (χ1) is 10.6. The summed E-state index contributed by atoms with van der Waals surface area (Å²) in [6, 6.07) is -0.267. The van der Waals surface area contributed by atoms with Crippen LogP contribution in [0.15, 0.2) is 18.2 Å². The fourth-order valence-electron chi connectivity index (χ4n) is 1.77. The van der Waals surface area contributed by atoms with E-state index in [2.05, 4.69) is 5.32 Å². The van der Waals surface area contributed by atoms with Crippen LogP contribution in [0, 0.1) is 5.82 Å². The van der Waals surface area contributed by atoms with E-state index in [4.69, 9.17) is 5.11 Å². The van der Waals surface area contributed by atoms with Gasteiger partial charge in [-0.25, -0.2) is 4.39 Å². The largest absolute Gasteiger partial charge is 0.417 e. The molecule has 0 aliphatic heterocycles. The summed E-state index contributed by atoms with van der Waals surface area (Å²) < 4.78 is 51.6. The number of nitrogens with one attached hydrogen (secondary N) is 2. The summed E-state index contributed by atoms with van der Waals surface area (Å²) >= 11 is 0. The number of amides is 2. The number of alkyl halides is 3. The zero-order valence-electron chi connectivity index (χ0n) is 11.8. The number of aliphatic hydroxyl groups is 2. The summed E-state index contributed by atoms with van der Waals surface area (Å²) in [6.45, 7) is -0.909. The molecule has 128 valence electrons. The van der Waals surface area contributed by atoms with Crippen molar-refractivity contribution in [2.45, 2.75) is 18.3 Å². The fourth-order valence-corrected chi connectivity index (χ4v) is 1.77. The quantitative estimate of drug-likeness (QED) is 0.570. The van der Waals surface area contributed by atoms with Crippen molar-refractivity contribution < 1.29 is 37.4 Å². The lowest BCUT2D eigenvalue weighted by Crippen LogP contribution is -2.53. The van der Waals surface area contributed by atoms with Crippen LogP contribution in [-0.2, 0) is 11.0 Å². The van der Waals surface area contributed by atoms with E-state index in [-0.39, 0.29) is 6.07 Å². The SMILES string of the molecule is CNC(=O)C(NC(=O)c1ccc(F)cc1C(F)(F)F)C(O)CO. The second-order valence-electron chi connectivity index (χ2n) is 4.50. The second kappa shape index (κ2) is 7.38. The number of likely N-dealkylation sites (N-methyl/N-ethyl adjacent to an activating group) is 1. The third-order valence-corrected chi connectivity index (χ3v) is 2.92. The standard InChI is InChI=1S/C13H14F4N2O4/c1-18-12(23)10(9(21)5-20)19-11(22)7-3-2-6(14)4-8(7)13(15,16)17/h2-4,9-10,20-21H,5H2,1H3,(H,18,23)(H,19,22). The molecular formula is C13H14F4N2O4. The Labute approximate surface area is 128 Å². The van der Waals surface area contributed by atoms with Crippen LogP contribution >= 0.6 is 0 Å². The van der Waals surface area contributed by atoms with Gasteiger partial charge in [0, 0.05) is 7.05 Å². The van der Waals surface area contributed by atoms with Gasteiger partial charge in [0.05, 0.1) is 17.7 Å². The highest BCUT2D eigenvalue weighted by atomic mass is 19.4. The molecule has 0 bridgehead atoms. The highest BCUT2D eigenvalue weighted by Gasteiger charge is 2.37. The van der Waals surface area contributed by atoms with Crippen LogP contribution in [0.4, 0.5) is 17.6 Å². The van der Waals surface area contributed by atoms with Crippen LogP contribution in [-0.4, -0.2) is 47.8 Å². The molecular weight excluding hydrogens is 324 g/mol. The Bertz CT molecular complexity index is 592. The lowest BCUT2D eigenvalue weighted by atomic mass is 10.0. The predicted octanol–water partition coefficient (Wildman–Crippen LogP) is 0.0421. The van der Waals surface area contributed by atoms with E-state index in [0.29, 0.717) is 12.1 Å². The topological polar surface area (TPSA) is 98.7 Å². The first kappa shape index (κ1) is 18.8. The molecule has 0 saturated carbocycles. The van der Waals surface area contributed by atoms with Crippen LogP contribution in [0.25, 0.3) is 0 Å². The summed E-state index contributed by atoms with van der Waals surface area (Å²) in [4.78, 5) is 23.5. The fraction of sp³-hybridized carbons (Fsp3) is 0.385. The first-order valence-corrected chi connectivity index (χ1v) is 6.30. The normalized spacial score (nSPS) is 14.0. The molecule has 23 heavy (non-hydrogen) atoms. The van der Waals surface area contributed by atoms with E-state index in [9.17, 15) is 32.3 Å². The minimum absolute atomic E-state index is 0.145. The van der Waals surface area contributed by atoms with Crippen molar-refractivity contribution in [3.8, 4) is 0 Å². The van der Waals surface area contributed by atoms with Crippen molar-refractivity contribution in [2.75, 3.05) is 13.7 Å². The van der Waals surface area contributed by atoms with Crippen LogP contribution in [0.3, 0.4) is 0 Å². The van der Waals surface area contributed by atoms with Gasteiger partial charge in [0.2, 0.25) is 5.91 Å². The molecule has 4 N–H and O–H groups in total. The van der Waals surface area contributed by atoms with Gasteiger partial charge in [0.15, 0.2) is 0 Å². The molecule has 2 amide bonds. The van der Waals surface area contributed by atoms with E-state index >= 15 is 0 Å². The van der Waals surface area contributed by atoms with Crippen LogP contribution in [0.2, 0.25) is 0 Å². The second-order valence-corrected chi connectivity index (χ2v) is 4.50. The van der Waals surface area contributed by atoms with Gasteiger partial charge < -0.3 is 20.8 Å². The third kappa shape index (κ3) is 4.63. The molecule has 0 saturated heterocycles. The molecule has 0 heterocycles. The van der Waals surface area contributed by atoms with Crippen molar-refractivity contribution in [2.24, 2.45) is 0 Å². The Morgan fingerprint density at radius 1 is 1.30 bits per heavy atom. The lowest BCUT2D eigenvalue weighted by molar-refractivity contribution is -0.138. The summed E-state index contributed by atoms with van der Waals surface area (Å²) in [6.07, 6.45) is -6.72. The summed E-state index contributed by atoms with van der Waals surface area (Å²) in [5.74, 6) is -3.46. The number of halogens is 4. The van der Waals surface area contributed by atoms with Crippen molar-refractivity contribution in [3.63, 3.8) is 0 Å². The Balaban J connectivity index is 3.16. The van der Waals surface area contributed by atoms with Gasteiger partial charge >= 0.3 is 6.18 Å². The summed E-state index contributed by atoms with van der Waals surface area (Å²) in [7, 11) is 1.17. The number of hydrogen-bond acceptors (Lipinski definition) is 4. The molecule has 0 aliphatic rings. The van der Waals surface area contributed by atoms with E-state index in [1.165, 1.54) is 7.05 Å². The molecule has 1 aromatic rings. The van der Waals surface area contributed by atoms with Gasteiger partial charge in [-0.3, -0.25) is 9.59 Å². The highest BCUT2D eigenvalue weighted by molar-refractivity contribution is 5.99. The van der Waals surface area contributed by atoms with Crippen molar-refractivity contribution in [1.82, 2.24) is 10.6 Å². The molecule has 1 aromatic carbocycles. The maximum Gasteiger partial charge on any atom is 0.417 e. The third-order valence-electron chi connectivity index (χ3n) is 2.92. The average Bonchev–Trinajstić information content (AvgIpc) is 2.49. The average molecular weight is 338 g/mol. The van der Waals surface area contributed by atoms with Crippen LogP contribution in [0.1, 0.15) is 15.9 Å². The molecule has 2 atom stereocenters. The Morgan fingerprint density at radius 2 is 1.91 bits per heavy atom. The number of hydrogen-bond donors (Lipinski definition) is 4. The number of carbonyl (C=O) groups is 2. The van der Waals surface area contributed by atoms with E-state index in [1.54, 1.807) is 0 Å². The van der Waals surface area contributed by atoms with Crippen molar-refractivity contribution >= 4 is 11.8 Å². The Morgan fingerprint density at radius 3 is 2.39 bits per heavy atom. The maximum atomic E-state index is 13.0. The molecule has 0 radical (unpaired) electrons. The van der Waals surface area contributed by atoms with Gasteiger partial charge in [-0.2, -0.15) is 13.2 Å². The van der Waals surface area contributed by atoms with Crippen LogP contribution < -0.4 is 10.6 Å². The smallest absolute Gasteiger partial charge is 0.394 e. The monoisotopic (exact) mass is 338 g/mol. The van der Waals surface area contributed by atoms with Gasteiger partial charge in [-0.1, -0.05) is 0 Å². The number of aliphatic hydroxyl groups excluding tert-OH is 2. The number of benzene rings is 1. The molecule has 10 heteroatoms. The van der Waals surface area contributed by atoms with E-state index in [1.807, 2.05) is 5.32 Å². The minimum atomic E-state index is -4.99. The first-order valence-electron chi connectivity index (χ1n) is 6.30. The van der Waals surface area contributed by atoms with E-state index < -0.39 is 53.7 Å². The molecule has 0 aliphatic carbocycles. The molecule has 0 fully saturated rings. The summed E-state index contributed by atoms with van der Waals surface area (Å²) in [5, 5.41) is 22.3. The number of carbonyl (C=O) groups excluding carboxylic acids is 2. The van der Waals surface area contributed by atoms with E-state index in [0.717, 1.165) is 0 Å². The molecule has 6 nitrogen and oxygen atoms in total. The number of rotatable bonds is 5. The lowest BCUT2D eigenvalue weighted by Gasteiger charge is -2.22. The van der Waals surface area contributed by atoms with Gasteiger partial charge in [0.1, 0.15) is 18.0 Å². The maximum absolute atomic E-state index is 13.0. The summed E-state index contributed by atoms with van der Waals surface area (Å²) in [5.41, 5.74) is -2.44. The minimum Gasteiger partial charge on any atom is -0.394 e. The van der Waals surface area contributed by atoms with Crippen LogP contribution in [0.5, 0.6) is 0 Å². The molecule has 1 rings (SSSR count). The Hall–Kier alpha value is -2.20. The molecule has 0 spiro atoms. The predicted molar refractivity (Wildman–Crippen MR) is 69.8 cm³/mol. The van der Waals surface area contributed by atoms with Gasteiger partial charge in [0.25, 0.3) is 5.91 Å². The van der Waals surface area contributed by atoms with Gasteiger partial charge in [-0.15, -0.1) is 0 Å². The zero-order chi connectivity index (χ0) is 17.8. The molecule has 0 aromatic heterocycles. The highest BCUT2D eigenvalue weighted by Crippen LogP contribution is 2.32. The molecule has 2 unspecified atom stereocenters. The Kier molecular flexibility index (Phi) is 6.05. The van der Waals surface area contributed by atoms with Gasteiger partial charge in [-0.05, 0) is 18.2 Å². The van der Waals surface area contributed by atoms with Crippen molar-refractivity contribution in [3.05, 3.63) is 35.1 Å². The van der Waals surface area contributed by atoms with Crippen molar-refractivity contribution in [1.29, 1.82) is 0 Å². The zero-order valence-corrected chi connectivity index (χ0v) is 11.8.